The van der Waals surface area contributed by atoms with Gasteiger partial charge in [-0.1, -0.05) is 12.8 Å². The Balaban J connectivity index is 2.07. The van der Waals surface area contributed by atoms with Gasteiger partial charge in [0.1, 0.15) is 5.82 Å². The number of carbonyl (C=O) groups excluding carboxylic acids is 1. The Hall–Kier alpha value is -1.36. The van der Waals surface area contributed by atoms with E-state index < -0.39 is 5.54 Å². The summed E-state index contributed by atoms with van der Waals surface area (Å²) in [5.74, 6) is 0.643. The van der Waals surface area contributed by atoms with Gasteiger partial charge in [0.05, 0.1) is 11.7 Å². The molecular formula is C11H18N4O. The van der Waals surface area contributed by atoms with Crippen molar-refractivity contribution in [2.45, 2.75) is 44.7 Å². The average Bonchev–Trinajstić information content (AvgIpc) is 2.87. The molecule has 16 heavy (non-hydrogen) atoms. The van der Waals surface area contributed by atoms with Crippen molar-refractivity contribution in [3.63, 3.8) is 0 Å². The summed E-state index contributed by atoms with van der Waals surface area (Å²) in [5.41, 5.74) is 5.39. The maximum Gasteiger partial charge on any atom is 0.245 e. The van der Waals surface area contributed by atoms with Gasteiger partial charge in [0.2, 0.25) is 5.91 Å². The Bertz CT molecular complexity index is 379. The third kappa shape index (κ3) is 1.95. The summed E-state index contributed by atoms with van der Waals surface area (Å²) in [6.07, 6.45) is 5.31. The Labute approximate surface area is 95.0 Å². The number of rotatable bonds is 3. The van der Waals surface area contributed by atoms with Gasteiger partial charge in [0.25, 0.3) is 0 Å². The SMILES string of the molecule is CCn1nccc1NC(=O)C1(N)CCCC1. The van der Waals surface area contributed by atoms with Crippen molar-refractivity contribution in [3.8, 4) is 0 Å². The lowest BCUT2D eigenvalue weighted by Crippen LogP contribution is -2.48. The van der Waals surface area contributed by atoms with E-state index in [0.29, 0.717) is 0 Å². The van der Waals surface area contributed by atoms with E-state index in [2.05, 4.69) is 10.4 Å². The summed E-state index contributed by atoms with van der Waals surface area (Å²) in [4.78, 5) is 12.0. The molecule has 0 unspecified atom stereocenters. The van der Waals surface area contributed by atoms with Gasteiger partial charge in [0.15, 0.2) is 0 Å². The molecule has 1 amide bonds. The molecule has 1 heterocycles. The van der Waals surface area contributed by atoms with E-state index in [1.807, 2.05) is 6.92 Å². The number of nitrogens with one attached hydrogen (secondary N) is 1. The molecule has 0 aliphatic heterocycles. The molecule has 0 spiro atoms. The molecule has 5 heteroatoms. The van der Waals surface area contributed by atoms with Crippen molar-refractivity contribution >= 4 is 11.7 Å². The maximum absolute atomic E-state index is 12.0. The minimum Gasteiger partial charge on any atom is -0.317 e. The average molecular weight is 222 g/mol. The van der Waals surface area contributed by atoms with Crippen molar-refractivity contribution in [2.75, 3.05) is 5.32 Å². The van der Waals surface area contributed by atoms with E-state index in [1.165, 1.54) is 0 Å². The van der Waals surface area contributed by atoms with Gasteiger partial charge in [-0.05, 0) is 19.8 Å². The Morgan fingerprint density at radius 1 is 1.62 bits per heavy atom. The van der Waals surface area contributed by atoms with Crippen LogP contribution in [0.15, 0.2) is 12.3 Å². The zero-order chi connectivity index (χ0) is 11.6. The minimum atomic E-state index is -0.678. The molecule has 0 saturated heterocycles. The second kappa shape index (κ2) is 4.25. The van der Waals surface area contributed by atoms with Crippen LogP contribution in [0.4, 0.5) is 5.82 Å². The quantitative estimate of drug-likeness (QED) is 0.804. The highest BCUT2D eigenvalue weighted by Gasteiger charge is 2.37. The first kappa shape index (κ1) is 11.1. The first-order valence-corrected chi connectivity index (χ1v) is 5.78. The molecule has 5 nitrogen and oxygen atoms in total. The molecular weight excluding hydrogens is 204 g/mol. The molecule has 1 aliphatic carbocycles. The van der Waals surface area contributed by atoms with Crippen LogP contribution >= 0.6 is 0 Å². The summed E-state index contributed by atoms with van der Waals surface area (Å²) in [7, 11) is 0. The van der Waals surface area contributed by atoms with Crippen molar-refractivity contribution in [2.24, 2.45) is 5.73 Å². The summed E-state index contributed by atoms with van der Waals surface area (Å²) in [6.45, 7) is 2.72. The fourth-order valence-electron chi connectivity index (χ4n) is 2.16. The Morgan fingerprint density at radius 3 is 2.94 bits per heavy atom. The molecule has 1 aromatic heterocycles. The number of nitrogens with two attached hydrogens (primary N) is 1. The Kier molecular flexibility index (Phi) is 2.96. The molecule has 1 fully saturated rings. The fraction of sp³-hybridized carbons (Fsp3) is 0.636. The van der Waals surface area contributed by atoms with Crippen molar-refractivity contribution < 1.29 is 4.79 Å². The molecule has 1 saturated carbocycles. The first-order valence-electron chi connectivity index (χ1n) is 5.78. The Morgan fingerprint density at radius 2 is 2.31 bits per heavy atom. The van der Waals surface area contributed by atoms with Crippen LogP contribution in [0.1, 0.15) is 32.6 Å². The number of hydrogen-bond acceptors (Lipinski definition) is 3. The molecule has 0 bridgehead atoms. The van der Waals surface area contributed by atoms with E-state index in [1.54, 1.807) is 16.9 Å². The molecule has 2 rings (SSSR count). The van der Waals surface area contributed by atoms with Gasteiger partial charge < -0.3 is 11.1 Å². The molecule has 0 aromatic carbocycles. The second-order valence-electron chi connectivity index (χ2n) is 4.35. The van der Waals surface area contributed by atoms with Crippen LogP contribution in [-0.2, 0) is 11.3 Å². The first-order chi connectivity index (χ1) is 7.65. The molecule has 88 valence electrons. The molecule has 1 aliphatic rings. The van der Waals surface area contributed by atoms with Gasteiger partial charge in [-0.25, -0.2) is 4.68 Å². The highest BCUT2D eigenvalue weighted by Crippen LogP contribution is 2.28. The summed E-state index contributed by atoms with van der Waals surface area (Å²) in [5, 5.41) is 6.96. The third-order valence-electron chi connectivity index (χ3n) is 3.21. The lowest BCUT2D eigenvalue weighted by molar-refractivity contribution is -0.121. The largest absolute Gasteiger partial charge is 0.317 e. The molecule has 1 aromatic rings. The van der Waals surface area contributed by atoms with Gasteiger partial charge in [-0.15, -0.1) is 0 Å². The number of aryl methyl sites for hydroxylation is 1. The number of anilines is 1. The minimum absolute atomic E-state index is 0.0831. The molecule has 0 radical (unpaired) electrons. The topological polar surface area (TPSA) is 72.9 Å². The predicted octanol–water partition coefficient (Wildman–Crippen LogP) is 1.11. The van der Waals surface area contributed by atoms with Gasteiger partial charge >= 0.3 is 0 Å². The number of amides is 1. The van der Waals surface area contributed by atoms with Crippen LogP contribution in [0.2, 0.25) is 0 Å². The zero-order valence-electron chi connectivity index (χ0n) is 9.57. The van der Waals surface area contributed by atoms with E-state index in [4.69, 9.17) is 5.73 Å². The summed E-state index contributed by atoms with van der Waals surface area (Å²) in [6, 6.07) is 1.79. The van der Waals surface area contributed by atoms with E-state index in [0.717, 1.165) is 38.0 Å². The fourth-order valence-corrected chi connectivity index (χ4v) is 2.16. The summed E-state index contributed by atoms with van der Waals surface area (Å²) >= 11 is 0. The van der Waals surface area contributed by atoms with Gasteiger partial charge in [-0.3, -0.25) is 4.79 Å². The van der Waals surface area contributed by atoms with Gasteiger partial charge in [0, 0.05) is 12.6 Å². The molecule has 0 atom stereocenters. The second-order valence-corrected chi connectivity index (χ2v) is 4.35. The van der Waals surface area contributed by atoms with Crippen LogP contribution in [0, 0.1) is 0 Å². The van der Waals surface area contributed by atoms with Crippen LogP contribution < -0.4 is 11.1 Å². The lowest BCUT2D eigenvalue weighted by atomic mass is 9.98. The van der Waals surface area contributed by atoms with E-state index >= 15 is 0 Å². The predicted molar refractivity (Wildman–Crippen MR) is 61.9 cm³/mol. The normalized spacial score (nSPS) is 18.6. The lowest BCUT2D eigenvalue weighted by Gasteiger charge is -2.22. The van der Waals surface area contributed by atoms with Crippen LogP contribution in [-0.4, -0.2) is 21.2 Å². The highest BCUT2D eigenvalue weighted by atomic mass is 16.2. The third-order valence-corrected chi connectivity index (χ3v) is 3.21. The van der Waals surface area contributed by atoms with Crippen LogP contribution in [0.25, 0.3) is 0 Å². The van der Waals surface area contributed by atoms with E-state index in [-0.39, 0.29) is 5.91 Å². The van der Waals surface area contributed by atoms with E-state index in [9.17, 15) is 4.79 Å². The number of aromatic nitrogens is 2. The summed E-state index contributed by atoms with van der Waals surface area (Å²) < 4.78 is 1.75. The number of carbonyl (C=O) groups is 1. The maximum atomic E-state index is 12.0. The highest BCUT2D eigenvalue weighted by molar-refractivity contribution is 5.97. The van der Waals surface area contributed by atoms with Crippen LogP contribution in [0.5, 0.6) is 0 Å². The molecule has 3 N–H and O–H groups in total. The monoisotopic (exact) mass is 222 g/mol. The zero-order valence-corrected chi connectivity index (χ0v) is 9.57. The smallest absolute Gasteiger partial charge is 0.245 e. The number of hydrogen-bond donors (Lipinski definition) is 2. The van der Waals surface area contributed by atoms with Crippen molar-refractivity contribution in [3.05, 3.63) is 12.3 Å². The van der Waals surface area contributed by atoms with Crippen LogP contribution in [0.3, 0.4) is 0 Å². The van der Waals surface area contributed by atoms with Crippen molar-refractivity contribution in [1.82, 2.24) is 9.78 Å². The standard InChI is InChI=1S/C11H18N4O/c1-2-15-9(5-8-13-15)14-10(16)11(12)6-3-4-7-11/h5,8H,2-4,6-7,12H2,1H3,(H,14,16). The number of nitrogens with zero attached hydrogens (tertiary/aromatic N) is 2. The van der Waals surface area contributed by atoms with Crippen molar-refractivity contribution in [1.29, 1.82) is 0 Å². The van der Waals surface area contributed by atoms with Gasteiger partial charge in [-0.2, -0.15) is 5.10 Å².